The van der Waals surface area contributed by atoms with Crippen molar-refractivity contribution >= 4 is 14.7 Å². The predicted molar refractivity (Wildman–Crippen MR) is 61.5 cm³/mol. The molecule has 15 heavy (non-hydrogen) atoms. The Morgan fingerprint density at radius 2 is 2.13 bits per heavy atom. The fraction of sp³-hybridized carbons (Fsp3) is 0.889. The van der Waals surface area contributed by atoms with Crippen LogP contribution in [0.1, 0.15) is 27.2 Å². The van der Waals surface area contributed by atoms with Crippen molar-refractivity contribution in [2.45, 2.75) is 39.1 Å². The van der Waals surface area contributed by atoms with E-state index >= 15 is 0 Å². The van der Waals surface area contributed by atoms with Crippen molar-refractivity contribution < 1.29 is 14.6 Å². The van der Waals surface area contributed by atoms with E-state index in [1.165, 1.54) is 0 Å². The molecule has 0 spiro atoms. The molecule has 0 aliphatic heterocycles. The van der Waals surface area contributed by atoms with Crippen molar-refractivity contribution in [1.82, 2.24) is 0 Å². The summed E-state index contributed by atoms with van der Waals surface area (Å²) in [7, 11) is -0.145. The second-order valence-electron chi connectivity index (χ2n) is 4.47. The molecule has 0 saturated heterocycles. The SMILES string of the molecule is CC(O)CC(C)(C)COC(=O)C(N)PN. The Morgan fingerprint density at radius 3 is 2.53 bits per heavy atom. The van der Waals surface area contributed by atoms with E-state index < -0.39 is 17.9 Å². The maximum Gasteiger partial charge on any atom is 0.328 e. The van der Waals surface area contributed by atoms with Gasteiger partial charge in [-0.25, -0.2) is 4.79 Å². The summed E-state index contributed by atoms with van der Waals surface area (Å²) >= 11 is 0. The van der Waals surface area contributed by atoms with Crippen LogP contribution in [0.15, 0.2) is 0 Å². The lowest BCUT2D eigenvalue weighted by Gasteiger charge is -2.26. The highest BCUT2D eigenvalue weighted by atomic mass is 31.1. The Morgan fingerprint density at radius 1 is 1.60 bits per heavy atom. The number of aliphatic hydroxyl groups excluding tert-OH is 1. The average molecular weight is 236 g/mol. The van der Waals surface area contributed by atoms with Crippen molar-refractivity contribution in [2.24, 2.45) is 16.7 Å². The number of ether oxygens (including phenoxy) is 1. The minimum absolute atomic E-state index is 0.145. The van der Waals surface area contributed by atoms with E-state index in [1.807, 2.05) is 13.8 Å². The number of hydrogen-bond acceptors (Lipinski definition) is 5. The molecule has 0 aromatic carbocycles. The Bertz CT molecular complexity index is 210. The van der Waals surface area contributed by atoms with Gasteiger partial charge in [0.05, 0.1) is 12.7 Å². The first-order chi connectivity index (χ1) is 6.78. The highest BCUT2D eigenvalue weighted by Crippen LogP contribution is 2.23. The van der Waals surface area contributed by atoms with E-state index in [0.29, 0.717) is 6.42 Å². The third-order valence-corrected chi connectivity index (χ3v) is 2.48. The molecule has 3 atom stereocenters. The second-order valence-corrected chi connectivity index (χ2v) is 5.42. The maximum atomic E-state index is 11.2. The summed E-state index contributed by atoms with van der Waals surface area (Å²) in [5.41, 5.74) is 10.4. The monoisotopic (exact) mass is 236 g/mol. The summed E-state index contributed by atoms with van der Waals surface area (Å²) in [6.45, 7) is 5.79. The summed E-state index contributed by atoms with van der Waals surface area (Å²) in [6, 6.07) is 0. The van der Waals surface area contributed by atoms with Gasteiger partial charge < -0.3 is 21.1 Å². The highest BCUT2D eigenvalue weighted by Gasteiger charge is 2.23. The highest BCUT2D eigenvalue weighted by molar-refractivity contribution is 7.37. The van der Waals surface area contributed by atoms with Gasteiger partial charge in [-0.1, -0.05) is 13.8 Å². The number of hydrogen-bond donors (Lipinski definition) is 3. The van der Waals surface area contributed by atoms with Crippen LogP contribution in [0.25, 0.3) is 0 Å². The molecule has 0 radical (unpaired) electrons. The lowest BCUT2D eigenvalue weighted by atomic mass is 9.88. The molecule has 0 aromatic rings. The van der Waals surface area contributed by atoms with Crippen LogP contribution in [-0.2, 0) is 9.53 Å². The number of rotatable bonds is 6. The third kappa shape index (κ3) is 6.79. The zero-order chi connectivity index (χ0) is 12.1. The summed E-state index contributed by atoms with van der Waals surface area (Å²) < 4.78 is 5.01. The number of nitrogens with two attached hydrogens (primary N) is 2. The molecule has 5 N–H and O–H groups in total. The first-order valence-corrected chi connectivity index (χ1v) is 6.00. The number of carbonyl (C=O) groups is 1. The quantitative estimate of drug-likeness (QED) is 0.451. The van der Waals surface area contributed by atoms with Gasteiger partial charge in [-0.3, -0.25) is 0 Å². The Labute approximate surface area is 92.4 Å². The molecule has 3 unspecified atom stereocenters. The van der Waals surface area contributed by atoms with E-state index in [4.69, 9.17) is 16.0 Å². The molecule has 0 heterocycles. The van der Waals surface area contributed by atoms with Gasteiger partial charge in [-0.05, 0) is 22.1 Å². The molecule has 0 bridgehead atoms. The van der Waals surface area contributed by atoms with Crippen LogP contribution in [0, 0.1) is 5.41 Å². The van der Waals surface area contributed by atoms with Crippen LogP contribution in [0.5, 0.6) is 0 Å². The van der Waals surface area contributed by atoms with Crippen LogP contribution in [-0.4, -0.2) is 29.6 Å². The molecular formula is C9H21N2O3P. The van der Waals surface area contributed by atoms with E-state index in [0.717, 1.165) is 0 Å². The van der Waals surface area contributed by atoms with Gasteiger partial charge in [-0.2, -0.15) is 0 Å². The van der Waals surface area contributed by atoms with Crippen molar-refractivity contribution in [1.29, 1.82) is 0 Å². The van der Waals surface area contributed by atoms with Gasteiger partial charge in [-0.15, -0.1) is 0 Å². The Hall–Kier alpha value is -0.220. The normalized spacial score (nSPS) is 16.7. The van der Waals surface area contributed by atoms with E-state index in [2.05, 4.69) is 0 Å². The maximum absolute atomic E-state index is 11.2. The molecule has 0 rings (SSSR count). The van der Waals surface area contributed by atoms with Crippen LogP contribution in [0.2, 0.25) is 0 Å². The standard InChI is InChI=1S/C9H21N2O3P/c1-6(12)4-9(2,3)5-14-8(13)7(10)15-11/h6-7,12,15H,4-5,10-11H2,1-3H3. The molecular weight excluding hydrogens is 215 g/mol. The van der Waals surface area contributed by atoms with E-state index in [-0.39, 0.29) is 20.8 Å². The fourth-order valence-electron chi connectivity index (χ4n) is 1.28. The van der Waals surface area contributed by atoms with Gasteiger partial charge >= 0.3 is 5.97 Å². The van der Waals surface area contributed by atoms with Crippen molar-refractivity contribution in [2.75, 3.05) is 6.61 Å². The van der Waals surface area contributed by atoms with Gasteiger partial charge in [0.2, 0.25) is 0 Å². The largest absolute Gasteiger partial charge is 0.464 e. The van der Waals surface area contributed by atoms with Gasteiger partial charge in [0.15, 0.2) is 0 Å². The molecule has 0 amide bonds. The van der Waals surface area contributed by atoms with E-state index in [9.17, 15) is 9.90 Å². The Balaban J connectivity index is 3.98. The van der Waals surface area contributed by atoms with Crippen molar-refractivity contribution in [3.8, 4) is 0 Å². The molecule has 6 heteroatoms. The zero-order valence-electron chi connectivity index (χ0n) is 9.49. The van der Waals surface area contributed by atoms with Crippen LogP contribution >= 0.6 is 8.73 Å². The minimum atomic E-state index is -0.729. The van der Waals surface area contributed by atoms with Crippen molar-refractivity contribution in [3.05, 3.63) is 0 Å². The molecule has 0 aromatic heterocycles. The smallest absolute Gasteiger partial charge is 0.328 e. The van der Waals surface area contributed by atoms with Gasteiger partial charge in [0.25, 0.3) is 0 Å². The molecule has 0 fully saturated rings. The molecule has 90 valence electrons. The van der Waals surface area contributed by atoms with Crippen LogP contribution in [0.4, 0.5) is 0 Å². The molecule has 5 nitrogen and oxygen atoms in total. The topological polar surface area (TPSA) is 98.6 Å². The lowest BCUT2D eigenvalue weighted by molar-refractivity contribution is -0.146. The Kier molecular flexibility index (Phi) is 6.29. The van der Waals surface area contributed by atoms with Crippen LogP contribution in [0.3, 0.4) is 0 Å². The minimum Gasteiger partial charge on any atom is -0.464 e. The molecule has 0 aliphatic carbocycles. The molecule has 0 aliphatic rings. The number of aliphatic hydroxyl groups is 1. The zero-order valence-corrected chi connectivity index (χ0v) is 10.5. The summed E-state index contributed by atoms with van der Waals surface area (Å²) in [5, 5.41) is 9.22. The van der Waals surface area contributed by atoms with E-state index in [1.54, 1.807) is 6.92 Å². The van der Waals surface area contributed by atoms with Gasteiger partial charge in [0, 0.05) is 5.41 Å². The summed E-state index contributed by atoms with van der Waals surface area (Å²) in [6.07, 6.45) is 0.157. The lowest BCUT2D eigenvalue weighted by Crippen LogP contribution is -2.33. The third-order valence-electron chi connectivity index (χ3n) is 1.89. The first kappa shape index (κ1) is 14.8. The summed E-state index contributed by atoms with van der Waals surface area (Å²) in [4.78, 5) is 11.2. The summed E-state index contributed by atoms with van der Waals surface area (Å²) in [5.74, 6) is -1.21. The van der Waals surface area contributed by atoms with Gasteiger partial charge in [0.1, 0.15) is 5.78 Å². The first-order valence-electron chi connectivity index (χ1n) is 4.85. The van der Waals surface area contributed by atoms with Crippen molar-refractivity contribution in [3.63, 3.8) is 0 Å². The second kappa shape index (κ2) is 6.38. The number of carbonyl (C=O) groups excluding carboxylic acids is 1. The van der Waals surface area contributed by atoms with Crippen LogP contribution < -0.4 is 11.2 Å². The predicted octanol–water partition coefficient (Wildman–Crippen LogP) is 0.164. The molecule has 0 saturated carbocycles. The average Bonchev–Trinajstić information content (AvgIpc) is 2.11. The fourth-order valence-corrected chi connectivity index (χ4v) is 1.50. The number of esters is 1.